The summed E-state index contributed by atoms with van der Waals surface area (Å²) in [5, 5.41) is 3.30. The van der Waals surface area contributed by atoms with E-state index in [1.54, 1.807) is 4.90 Å². The third-order valence-electron chi connectivity index (χ3n) is 5.53. The summed E-state index contributed by atoms with van der Waals surface area (Å²) in [6.45, 7) is 1.61. The summed E-state index contributed by atoms with van der Waals surface area (Å²) in [5.41, 5.74) is 1.05. The summed E-state index contributed by atoms with van der Waals surface area (Å²) >= 11 is 0. The molecule has 2 aliphatic rings. The first-order valence-corrected chi connectivity index (χ1v) is 8.88. The highest BCUT2D eigenvalue weighted by molar-refractivity contribution is 5.85. The molecule has 0 aromatic heterocycles. The third-order valence-corrected chi connectivity index (χ3v) is 5.53. The molecular formula is C19H28ClN3O2. The van der Waals surface area contributed by atoms with E-state index in [4.69, 9.17) is 0 Å². The van der Waals surface area contributed by atoms with Crippen LogP contribution in [-0.2, 0) is 9.59 Å². The quantitative estimate of drug-likeness (QED) is 0.893. The fourth-order valence-corrected chi connectivity index (χ4v) is 4.03. The molecule has 1 aromatic carbocycles. The first-order chi connectivity index (χ1) is 11.6. The van der Waals surface area contributed by atoms with E-state index in [2.05, 4.69) is 5.32 Å². The number of rotatable bonds is 3. The van der Waals surface area contributed by atoms with Crippen LogP contribution < -0.4 is 5.32 Å². The molecule has 25 heavy (non-hydrogen) atoms. The molecule has 0 spiro atoms. The molecule has 1 N–H and O–H groups in total. The lowest BCUT2D eigenvalue weighted by molar-refractivity contribution is -0.147. The lowest BCUT2D eigenvalue weighted by Gasteiger charge is -2.42. The molecule has 1 aromatic rings. The Morgan fingerprint density at radius 1 is 1.12 bits per heavy atom. The summed E-state index contributed by atoms with van der Waals surface area (Å²) in [4.78, 5) is 29.1. The predicted molar refractivity (Wildman–Crippen MR) is 101 cm³/mol. The van der Waals surface area contributed by atoms with Crippen LogP contribution in [-0.4, -0.2) is 54.8 Å². The molecule has 0 radical (unpaired) electrons. The first kappa shape index (κ1) is 19.7. The van der Waals surface area contributed by atoms with Crippen LogP contribution in [0.3, 0.4) is 0 Å². The number of carbonyl (C=O) groups is 2. The minimum Gasteiger partial charge on any atom is -0.342 e. The smallest absolute Gasteiger partial charge is 0.228 e. The van der Waals surface area contributed by atoms with Crippen molar-refractivity contribution in [2.45, 2.75) is 37.8 Å². The van der Waals surface area contributed by atoms with E-state index in [9.17, 15) is 9.59 Å². The molecular weight excluding hydrogens is 338 g/mol. The Balaban J connectivity index is 0.00000225. The van der Waals surface area contributed by atoms with Gasteiger partial charge in [0.05, 0.1) is 12.0 Å². The number of piperidine rings is 2. The van der Waals surface area contributed by atoms with Crippen LogP contribution in [0.1, 0.15) is 37.3 Å². The fraction of sp³-hybridized carbons (Fsp3) is 0.579. The van der Waals surface area contributed by atoms with Gasteiger partial charge in [-0.1, -0.05) is 30.3 Å². The molecule has 6 heteroatoms. The SMILES string of the molecule is CNC1CCN(C(=O)C2CCC(=O)N(C)C2c2ccccc2)CC1.Cl. The zero-order valence-corrected chi connectivity index (χ0v) is 15.8. The monoisotopic (exact) mass is 365 g/mol. The molecule has 0 bridgehead atoms. The van der Waals surface area contributed by atoms with Crippen molar-refractivity contribution in [3.63, 3.8) is 0 Å². The molecule has 2 heterocycles. The summed E-state index contributed by atoms with van der Waals surface area (Å²) in [5.74, 6) is 0.195. The van der Waals surface area contributed by atoms with Crippen molar-refractivity contribution in [1.82, 2.24) is 15.1 Å². The van der Waals surface area contributed by atoms with Gasteiger partial charge < -0.3 is 15.1 Å². The second-order valence-corrected chi connectivity index (χ2v) is 6.89. The van der Waals surface area contributed by atoms with E-state index in [1.807, 2.05) is 49.3 Å². The van der Waals surface area contributed by atoms with Crippen molar-refractivity contribution >= 4 is 24.2 Å². The van der Waals surface area contributed by atoms with Crippen LogP contribution in [0.5, 0.6) is 0 Å². The summed E-state index contributed by atoms with van der Waals surface area (Å²) in [6.07, 6.45) is 3.11. The van der Waals surface area contributed by atoms with E-state index in [-0.39, 0.29) is 36.2 Å². The number of halogens is 1. The highest BCUT2D eigenvalue weighted by Crippen LogP contribution is 2.37. The summed E-state index contributed by atoms with van der Waals surface area (Å²) < 4.78 is 0. The van der Waals surface area contributed by atoms with Gasteiger partial charge in [0.2, 0.25) is 11.8 Å². The van der Waals surface area contributed by atoms with Crippen molar-refractivity contribution in [2.24, 2.45) is 5.92 Å². The van der Waals surface area contributed by atoms with Crippen LogP contribution in [0.2, 0.25) is 0 Å². The van der Waals surface area contributed by atoms with Gasteiger partial charge >= 0.3 is 0 Å². The minimum absolute atomic E-state index is 0. The Morgan fingerprint density at radius 2 is 1.76 bits per heavy atom. The van der Waals surface area contributed by atoms with Crippen LogP contribution >= 0.6 is 12.4 Å². The summed E-state index contributed by atoms with van der Waals surface area (Å²) in [7, 11) is 3.81. The van der Waals surface area contributed by atoms with E-state index < -0.39 is 0 Å². The second-order valence-electron chi connectivity index (χ2n) is 6.89. The molecule has 3 rings (SSSR count). The number of nitrogens with one attached hydrogen (secondary N) is 1. The molecule has 2 atom stereocenters. The standard InChI is InChI=1S/C19H27N3O2.ClH/c1-20-15-10-12-22(13-11-15)19(24)16-8-9-17(23)21(2)18(16)14-6-4-3-5-7-14;/h3-7,15-16,18,20H,8-13H2,1-2H3;1H. The normalized spacial score (nSPS) is 24.8. The topological polar surface area (TPSA) is 52.7 Å². The predicted octanol–water partition coefficient (Wildman–Crippen LogP) is 2.23. The Morgan fingerprint density at radius 3 is 2.36 bits per heavy atom. The largest absolute Gasteiger partial charge is 0.342 e. The van der Waals surface area contributed by atoms with E-state index in [0.717, 1.165) is 31.5 Å². The molecule has 2 saturated heterocycles. The molecule has 0 aliphatic carbocycles. The number of amides is 2. The van der Waals surface area contributed by atoms with Gasteiger partial charge in [0.25, 0.3) is 0 Å². The van der Waals surface area contributed by atoms with Crippen LogP contribution in [0.4, 0.5) is 0 Å². The number of hydrogen-bond acceptors (Lipinski definition) is 3. The zero-order valence-electron chi connectivity index (χ0n) is 15.0. The molecule has 2 amide bonds. The minimum atomic E-state index is -0.151. The molecule has 2 aliphatic heterocycles. The Labute approximate surface area is 156 Å². The van der Waals surface area contributed by atoms with Crippen LogP contribution in [0, 0.1) is 5.92 Å². The maximum atomic E-state index is 13.2. The van der Waals surface area contributed by atoms with Crippen LogP contribution in [0.25, 0.3) is 0 Å². The van der Waals surface area contributed by atoms with Gasteiger partial charge in [-0.2, -0.15) is 0 Å². The van der Waals surface area contributed by atoms with Crippen molar-refractivity contribution in [2.75, 3.05) is 27.2 Å². The maximum absolute atomic E-state index is 13.2. The van der Waals surface area contributed by atoms with Gasteiger partial charge in [0.15, 0.2) is 0 Å². The second kappa shape index (κ2) is 8.68. The van der Waals surface area contributed by atoms with Gasteiger partial charge in [0, 0.05) is 32.6 Å². The summed E-state index contributed by atoms with van der Waals surface area (Å²) in [6, 6.07) is 10.3. The number of benzene rings is 1. The molecule has 2 unspecified atom stereocenters. The van der Waals surface area contributed by atoms with E-state index in [0.29, 0.717) is 18.9 Å². The number of likely N-dealkylation sites (tertiary alicyclic amines) is 2. The van der Waals surface area contributed by atoms with Gasteiger partial charge in [-0.3, -0.25) is 9.59 Å². The Kier molecular flexibility index (Phi) is 6.85. The zero-order chi connectivity index (χ0) is 17.1. The third kappa shape index (κ3) is 4.15. The van der Waals surface area contributed by atoms with Crippen molar-refractivity contribution < 1.29 is 9.59 Å². The van der Waals surface area contributed by atoms with Crippen LogP contribution in [0.15, 0.2) is 30.3 Å². The number of nitrogens with zero attached hydrogens (tertiary/aromatic N) is 2. The van der Waals surface area contributed by atoms with E-state index in [1.165, 1.54) is 0 Å². The average Bonchev–Trinajstić information content (AvgIpc) is 2.64. The maximum Gasteiger partial charge on any atom is 0.228 e. The van der Waals surface area contributed by atoms with E-state index >= 15 is 0 Å². The number of carbonyl (C=O) groups excluding carboxylic acids is 2. The van der Waals surface area contributed by atoms with Gasteiger partial charge in [-0.15, -0.1) is 12.4 Å². The molecule has 0 saturated carbocycles. The average molecular weight is 366 g/mol. The van der Waals surface area contributed by atoms with Crippen molar-refractivity contribution in [1.29, 1.82) is 0 Å². The van der Waals surface area contributed by atoms with Crippen molar-refractivity contribution in [3.05, 3.63) is 35.9 Å². The van der Waals surface area contributed by atoms with Crippen molar-refractivity contribution in [3.8, 4) is 0 Å². The first-order valence-electron chi connectivity index (χ1n) is 8.88. The number of hydrogen-bond donors (Lipinski definition) is 1. The Bertz CT molecular complexity index is 588. The highest BCUT2D eigenvalue weighted by atomic mass is 35.5. The molecule has 2 fully saturated rings. The molecule has 5 nitrogen and oxygen atoms in total. The van der Waals surface area contributed by atoms with Gasteiger partial charge in [-0.05, 0) is 31.9 Å². The lowest BCUT2D eigenvalue weighted by Crippen LogP contribution is -2.50. The molecule has 138 valence electrons. The lowest BCUT2D eigenvalue weighted by atomic mass is 9.83. The van der Waals surface area contributed by atoms with Gasteiger partial charge in [-0.25, -0.2) is 0 Å². The fourth-order valence-electron chi connectivity index (χ4n) is 4.03. The van der Waals surface area contributed by atoms with Gasteiger partial charge in [0.1, 0.15) is 0 Å². The Hall–Kier alpha value is -1.59. The highest BCUT2D eigenvalue weighted by Gasteiger charge is 2.40.